The predicted molar refractivity (Wildman–Crippen MR) is 245 cm³/mol. The SMILES string of the molecule is c1ccc(-c2cc(-c3ccc(-c4cc(-c5ccccc5)nc(-c5ccccc5)n4)cc3)c(-c3ccccc3)c(-c3ccc4oc5ccc6ccccc6c5c4c3)c2)cc1. The van der Waals surface area contributed by atoms with Gasteiger partial charge in [0.25, 0.3) is 0 Å². The van der Waals surface area contributed by atoms with Gasteiger partial charge >= 0.3 is 0 Å². The molecule has 9 aromatic carbocycles. The summed E-state index contributed by atoms with van der Waals surface area (Å²) in [7, 11) is 0. The van der Waals surface area contributed by atoms with E-state index in [9.17, 15) is 0 Å². The van der Waals surface area contributed by atoms with Crippen LogP contribution in [-0.4, -0.2) is 9.97 Å². The summed E-state index contributed by atoms with van der Waals surface area (Å²) in [5.74, 6) is 0.702. The van der Waals surface area contributed by atoms with Gasteiger partial charge in [-0.1, -0.05) is 182 Å². The molecule has 2 aromatic heterocycles. The maximum absolute atomic E-state index is 6.46. The van der Waals surface area contributed by atoms with Crippen molar-refractivity contribution in [1.82, 2.24) is 9.97 Å². The van der Waals surface area contributed by atoms with Gasteiger partial charge in [0.1, 0.15) is 11.2 Å². The summed E-state index contributed by atoms with van der Waals surface area (Å²) >= 11 is 0. The summed E-state index contributed by atoms with van der Waals surface area (Å²) in [4.78, 5) is 10.1. The van der Waals surface area contributed by atoms with E-state index in [1.54, 1.807) is 0 Å². The molecular weight excluding hydrogens is 717 g/mol. The van der Waals surface area contributed by atoms with Crippen LogP contribution in [0.3, 0.4) is 0 Å². The van der Waals surface area contributed by atoms with E-state index in [-0.39, 0.29) is 0 Å². The van der Waals surface area contributed by atoms with Gasteiger partial charge in [0.05, 0.1) is 11.4 Å². The molecule has 59 heavy (non-hydrogen) atoms. The van der Waals surface area contributed by atoms with Crippen molar-refractivity contribution in [1.29, 1.82) is 0 Å². The summed E-state index contributed by atoms with van der Waals surface area (Å²) < 4.78 is 6.46. The Morgan fingerprint density at radius 2 is 0.814 bits per heavy atom. The second-order valence-electron chi connectivity index (χ2n) is 14.9. The van der Waals surface area contributed by atoms with E-state index in [4.69, 9.17) is 14.4 Å². The molecule has 3 heteroatoms. The molecule has 11 rings (SSSR count). The van der Waals surface area contributed by atoms with Crippen LogP contribution in [-0.2, 0) is 0 Å². The van der Waals surface area contributed by atoms with Gasteiger partial charge in [0.15, 0.2) is 5.82 Å². The molecule has 0 aliphatic heterocycles. The van der Waals surface area contributed by atoms with Gasteiger partial charge < -0.3 is 4.42 Å². The molecule has 2 heterocycles. The van der Waals surface area contributed by atoms with Crippen molar-refractivity contribution in [2.24, 2.45) is 0 Å². The zero-order chi connectivity index (χ0) is 39.1. The van der Waals surface area contributed by atoms with E-state index in [0.717, 1.165) is 89.0 Å². The summed E-state index contributed by atoms with van der Waals surface area (Å²) in [6.07, 6.45) is 0. The van der Waals surface area contributed by atoms with Crippen molar-refractivity contribution >= 4 is 32.7 Å². The first-order valence-electron chi connectivity index (χ1n) is 20.0. The largest absolute Gasteiger partial charge is 0.456 e. The molecule has 0 bridgehead atoms. The Labute approximate surface area is 342 Å². The third-order valence-corrected chi connectivity index (χ3v) is 11.3. The predicted octanol–water partition coefficient (Wildman–Crippen LogP) is 15.2. The van der Waals surface area contributed by atoms with E-state index < -0.39 is 0 Å². The van der Waals surface area contributed by atoms with E-state index in [1.165, 1.54) is 16.3 Å². The van der Waals surface area contributed by atoms with Gasteiger partial charge in [0.2, 0.25) is 0 Å². The van der Waals surface area contributed by atoms with Gasteiger partial charge in [-0.15, -0.1) is 0 Å². The lowest BCUT2D eigenvalue weighted by atomic mass is 9.84. The zero-order valence-electron chi connectivity index (χ0n) is 32.1. The Morgan fingerprint density at radius 1 is 0.305 bits per heavy atom. The fraction of sp³-hybridized carbons (Fsp3) is 0. The van der Waals surface area contributed by atoms with E-state index in [1.807, 2.05) is 36.4 Å². The second kappa shape index (κ2) is 14.6. The molecule has 0 unspecified atom stereocenters. The molecule has 276 valence electrons. The third-order valence-electron chi connectivity index (χ3n) is 11.3. The van der Waals surface area contributed by atoms with Crippen LogP contribution >= 0.6 is 0 Å². The van der Waals surface area contributed by atoms with Crippen LogP contribution in [0, 0.1) is 0 Å². The molecule has 0 spiro atoms. The molecule has 0 radical (unpaired) electrons. The third kappa shape index (κ3) is 6.36. The van der Waals surface area contributed by atoms with Gasteiger partial charge in [0, 0.05) is 27.5 Å². The molecule has 0 saturated heterocycles. The van der Waals surface area contributed by atoms with Crippen LogP contribution in [0.4, 0.5) is 0 Å². The monoisotopic (exact) mass is 752 g/mol. The number of furan rings is 1. The molecule has 0 aliphatic rings. The number of nitrogens with zero attached hydrogens (tertiary/aromatic N) is 2. The normalized spacial score (nSPS) is 11.4. The minimum atomic E-state index is 0.702. The van der Waals surface area contributed by atoms with Crippen molar-refractivity contribution < 1.29 is 4.42 Å². The van der Waals surface area contributed by atoms with Crippen LogP contribution in [0.5, 0.6) is 0 Å². The van der Waals surface area contributed by atoms with Crippen LogP contribution in [0.1, 0.15) is 0 Å². The van der Waals surface area contributed by atoms with E-state index in [0.29, 0.717) is 5.82 Å². The highest BCUT2D eigenvalue weighted by Gasteiger charge is 2.20. The molecular formula is C56H36N2O. The Balaban J connectivity index is 1.11. The van der Waals surface area contributed by atoms with Crippen molar-refractivity contribution in [3.05, 3.63) is 218 Å². The number of hydrogen-bond acceptors (Lipinski definition) is 3. The average Bonchev–Trinajstić information content (AvgIpc) is 3.71. The number of hydrogen-bond donors (Lipinski definition) is 0. The molecule has 3 nitrogen and oxygen atoms in total. The van der Waals surface area contributed by atoms with Crippen LogP contribution in [0.25, 0.3) is 111 Å². The lowest BCUT2D eigenvalue weighted by molar-refractivity contribution is 0.669. The van der Waals surface area contributed by atoms with Crippen LogP contribution in [0.15, 0.2) is 223 Å². The van der Waals surface area contributed by atoms with Gasteiger partial charge in [-0.2, -0.15) is 0 Å². The Morgan fingerprint density at radius 3 is 1.49 bits per heavy atom. The first kappa shape index (κ1) is 34.4. The Hall–Kier alpha value is -7.88. The maximum atomic E-state index is 6.46. The fourth-order valence-electron chi connectivity index (χ4n) is 8.41. The van der Waals surface area contributed by atoms with Crippen LogP contribution in [0.2, 0.25) is 0 Å². The van der Waals surface area contributed by atoms with Gasteiger partial charge in [-0.05, 0) is 91.7 Å². The molecule has 11 aromatic rings. The first-order chi connectivity index (χ1) is 29.2. The zero-order valence-corrected chi connectivity index (χ0v) is 32.1. The lowest BCUT2D eigenvalue weighted by Gasteiger charge is -2.19. The smallest absolute Gasteiger partial charge is 0.160 e. The summed E-state index contributed by atoms with van der Waals surface area (Å²) in [5.41, 5.74) is 15.8. The topological polar surface area (TPSA) is 38.9 Å². The van der Waals surface area contributed by atoms with Crippen molar-refractivity contribution in [2.45, 2.75) is 0 Å². The minimum Gasteiger partial charge on any atom is -0.456 e. The summed E-state index contributed by atoms with van der Waals surface area (Å²) in [5, 5.41) is 4.65. The molecule has 0 amide bonds. The molecule has 0 N–H and O–H groups in total. The standard InChI is InChI=1S/C56H36N2O/c1-5-15-37(16-6-1)45-34-47(39-25-27-41(28-26-39)51-36-50(40-18-7-2-8-19-40)57-56(58-51)43-22-11-4-12-23-43)54(42-20-9-3-10-21-42)48(35-45)44-30-31-52-49(33-44)55-46-24-14-13-17-38(46)29-32-53(55)59-52/h1-36H. The molecule has 0 fully saturated rings. The highest BCUT2D eigenvalue weighted by molar-refractivity contribution is 6.19. The van der Waals surface area contributed by atoms with Crippen molar-refractivity contribution in [3.63, 3.8) is 0 Å². The average molecular weight is 753 g/mol. The number of rotatable bonds is 7. The summed E-state index contributed by atoms with van der Waals surface area (Å²) in [6.45, 7) is 0. The highest BCUT2D eigenvalue weighted by atomic mass is 16.3. The van der Waals surface area contributed by atoms with Crippen molar-refractivity contribution in [3.8, 4) is 78.4 Å². The second-order valence-corrected chi connectivity index (χ2v) is 14.9. The van der Waals surface area contributed by atoms with E-state index in [2.05, 4.69) is 182 Å². The fourth-order valence-corrected chi connectivity index (χ4v) is 8.41. The maximum Gasteiger partial charge on any atom is 0.160 e. The first-order valence-corrected chi connectivity index (χ1v) is 20.0. The number of benzene rings is 9. The lowest BCUT2D eigenvalue weighted by Crippen LogP contribution is -1.96. The molecule has 0 aliphatic carbocycles. The van der Waals surface area contributed by atoms with Gasteiger partial charge in [-0.3, -0.25) is 0 Å². The van der Waals surface area contributed by atoms with Crippen molar-refractivity contribution in [2.75, 3.05) is 0 Å². The quantitative estimate of drug-likeness (QED) is 0.163. The molecule has 0 saturated carbocycles. The molecule has 0 atom stereocenters. The number of fused-ring (bicyclic) bond motifs is 5. The number of aromatic nitrogens is 2. The van der Waals surface area contributed by atoms with E-state index >= 15 is 0 Å². The summed E-state index contributed by atoms with van der Waals surface area (Å²) in [6, 6.07) is 77.1. The minimum absolute atomic E-state index is 0.702. The van der Waals surface area contributed by atoms with Gasteiger partial charge in [-0.25, -0.2) is 9.97 Å². The van der Waals surface area contributed by atoms with Crippen LogP contribution < -0.4 is 0 Å². The Kier molecular flexibility index (Phi) is 8.49. The Bertz CT molecular complexity index is 3230. The highest BCUT2D eigenvalue weighted by Crippen LogP contribution is 2.45.